The van der Waals surface area contributed by atoms with Gasteiger partial charge in [-0.25, -0.2) is 4.39 Å². The van der Waals surface area contributed by atoms with Crippen LogP contribution in [0.2, 0.25) is 0 Å². The maximum absolute atomic E-state index is 13.6. The van der Waals surface area contributed by atoms with Crippen molar-refractivity contribution in [3.63, 3.8) is 0 Å². The van der Waals surface area contributed by atoms with Gasteiger partial charge in [-0.05, 0) is 62.1 Å². The van der Waals surface area contributed by atoms with E-state index in [1.165, 1.54) is 18.2 Å². The molecule has 5 heteroatoms. The highest BCUT2D eigenvalue weighted by atomic mass is 19.1. The molecule has 0 saturated heterocycles. The second-order valence-electron chi connectivity index (χ2n) is 7.71. The van der Waals surface area contributed by atoms with E-state index >= 15 is 0 Å². The molecule has 4 nitrogen and oxygen atoms in total. The summed E-state index contributed by atoms with van der Waals surface area (Å²) < 4.78 is 15.2. The Kier molecular flexibility index (Phi) is 5.05. The van der Waals surface area contributed by atoms with E-state index in [4.69, 9.17) is 0 Å². The number of amides is 1. The summed E-state index contributed by atoms with van der Waals surface area (Å²) in [5, 5.41) is 0. The predicted molar refractivity (Wildman–Crippen MR) is 112 cm³/mol. The average Bonchev–Trinajstić information content (AvgIpc) is 2.71. The third-order valence-electron chi connectivity index (χ3n) is 5.50. The summed E-state index contributed by atoms with van der Waals surface area (Å²) in [6, 6.07) is 15.5. The number of halogens is 1. The minimum atomic E-state index is -0.294. The number of pyridine rings is 1. The molecule has 2 heterocycles. The van der Waals surface area contributed by atoms with Crippen molar-refractivity contribution in [2.24, 2.45) is 0 Å². The molecule has 0 spiro atoms. The molecule has 29 heavy (non-hydrogen) atoms. The van der Waals surface area contributed by atoms with Crippen molar-refractivity contribution in [1.29, 1.82) is 0 Å². The van der Waals surface area contributed by atoms with Crippen LogP contribution in [0.25, 0.3) is 0 Å². The summed E-state index contributed by atoms with van der Waals surface area (Å²) in [6.07, 6.45) is 3.13. The van der Waals surface area contributed by atoms with E-state index in [0.717, 1.165) is 35.2 Å². The lowest BCUT2D eigenvalue weighted by Gasteiger charge is -2.35. The molecule has 0 radical (unpaired) electrons. The molecule has 3 aromatic rings. The zero-order valence-corrected chi connectivity index (χ0v) is 16.6. The lowest BCUT2D eigenvalue weighted by Crippen LogP contribution is -2.42. The van der Waals surface area contributed by atoms with E-state index in [-0.39, 0.29) is 23.3 Å². The highest BCUT2D eigenvalue weighted by Gasteiger charge is 2.29. The summed E-state index contributed by atoms with van der Waals surface area (Å²) in [5.41, 5.74) is 4.02. The molecule has 0 fully saturated rings. The lowest BCUT2D eigenvalue weighted by atomic mass is 9.95. The molecule has 148 valence electrons. The number of benzene rings is 2. The zero-order chi connectivity index (χ0) is 20.5. The van der Waals surface area contributed by atoms with Crippen molar-refractivity contribution < 1.29 is 9.18 Å². The Hall–Kier alpha value is -3.21. The van der Waals surface area contributed by atoms with Crippen LogP contribution in [-0.4, -0.2) is 16.5 Å². The van der Waals surface area contributed by atoms with E-state index in [0.29, 0.717) is 12.1 Å². The van der Waals surface area contributed by atoms with E-state index in [2.05, 4.69) is 0 Å². The van der Waals surface area contributed by atoms with E-state index in [1.807, 2.05) is 38.1 Å². The van der Waals surface area contributed by atoms with Crippen LogP contribution in [0.3, 0.4) is 0 Å². The SMILES string of the molecule is Cc1ccc(Cn2cc(C(=O)N3c4ccc(F)cc4CC[C@@H]3C)ccc2=O)cc1. The van der Waals surface area contributed by atoms with Crippen LogP contribution in [0.5, 0.6) is 0 Å². The molecular weight excluding hydrogens is 367 g/mol. The molecule has 1 aromatic heterocycles. The number of aryl methyl sites for hydroxylation is 2. The summed E-state index contributed by atoms with van der Waals surface area (Å²) in [4.78, 5) is 27.4. The molecule has 0 unspecified atom stereocenters. The average molecular weight is 390 g/mol. The topological polar surface area (TPSA) is 42.3 Å². The Bertz CT molecular complexity index is 1120. The summed E-state index contributed by atoms with van der Waals surface area (Å²) in [6.45, 7) is 4.41. The van der Waals surface area contributed by atoms with E-state index < -0.39 is 0 Å². The Morgan fingerprint density at radius 1 is 1.10 bits per heavy atom. The Balaban J connectivity index is 1.67. The molecule has 2 aromatic carbocycles. The normalized spacial score (nSPS) is 15.8. The van der Waals surface area contributed by atoms with Gasteiger partial charge in [0.2, 0.25) is 0 Å². The predicted octanol–water partition coefficient (Wildman–Crippen LogP) is 4.33. The minimum absolute atomic E-state index is 0.00191. The fraction of sp³-hybridized carbons (Fsp3) is 0.250. The van der Waals surface area contributed by atoms with Crippen molar-refractivity contribution in [3.8, 4) is 0 Å². The second-order valence-corrected chi connectivity index (χ2v) is 7.71. The number of carbonyl (C=O) groups excluding carboxylic acids is 1. The fourth-order valence-corrected chi connectivity index (χ4v) is 3.84. The molecule has 0 aliphatic carbocycles. The molecular formula is C24H23FN2O2. The first-order chi connectivity index (χ1) is 13.9. The summed E-state index contributed by atoms with van der Waals surface area (Å²) in [5.74, 6) is -0.472. The number of anilines is 1. The lowest BCUT2D eigenvalue weighted by molar-refractivity contribution is 0.0974. The van der Waals surface area contributed by atoms with Crippen LogP contribution >= 0.6 is 0 Å². The van der Waals surface area contributed by atoms with E-state index in [9.17, 15) is 14.0 Å². The first kappa shape index (κ1) is 19.1. The first-order valence-corrected chi connectivity index (χ1v) is 9.80. The third kappa shape index (κ3) is 3.86. The van der Waals surface area contributed by atoms with Crippen molar-refractivity contribution >= 4 is 11.6 Å². The maximum atomic E-state index is 13.6. The molecule has 4 rings (SSSR count). The summed E-state index contributed by atoms with van der Waals surface area (Å²) >= 11 is 0. The second kappa shape index (κ2) is 7.66. The third-order valence-corrected chi connectivity index (χ3v) is 5.50. The monoisotopic (exact) mass is 390 g/mol. The van der Waals surface area contributed by atoms with Gasteiger partial charge >= 0.3 is 0 Å². The van der Waals surface area contributed by atoms with Crippen LogP contribution in [0.4, 0.5) is 10.1 Å². The largest absolute Gasteiger partial charge is 0.310 e. The van der Waals surface area contributed by atoms with Crippen LogP contribution in [0, 0.1) is 12.7 Å². The number of carbonyl (C=O) groups is 1. The van der Waals surface area contributed by atoms with Gasteiger partial charge in [0.25, 0.3) is 11.5 Å². The van der Waals surface area contributed by atoms with Crippen LogP contribution in [0.15, 0.2) is 65.6 Å². The molecule has 1 aliphatic rings. The van der Waals surface area contributed by atoms with Gasteiger partial charge in [0.1, 0.15) is 5.82 Å². The van der Waals surface area contributed by atoms with Crippen LogP contribution in [-0.2, 0) is 13.0 Å². The molecule has 1 amide bonds. The Morgan fingerprint density at radius 3 is 2.62 bits per heavy atom. The van der Waals surface area contributed by atoms with Gasteiger partial charge in [0, 0.05) is 24.0 Å². The summed E-state index contributed by atoms with van der Waals surface area (Å²) in [7, 11) is 0. The molecule has 0 bridgehead atoms. The van der Waals surface area contributed by atoms with Crippen LogP contribution in [0.1, 0.15) is 40.4 Å². The zero-order valence-electron chi connectivity index (χ0n) is 16.6. The van der Waals surface area contributed by atoms with Crippen LogP contribution < -0.4 is 10.5 Å². The number of nitrogens with zero attached hydrogens (tertiary/aromatic N) is 2. The smallest absolute Gasteiger partial charge is 0.260 e. The number of rotatable bonds is 3. The van der Waals surface area contributed by atoms with Gasteiger partial charge in [-0.3, -0.25) is 9.59 Å². The number of hydrogen-bond acceptors (Lipinski definition) is 2. The van der Waals surface area contributed by atoms with Gasteiger partial charge in [0.15, 0.2) is 0 Å². The van der Waals surface area contributed by atoms with Gasteiger partial charge in [-0.15, -0.1) is 0 Å². The standard InChI is InChI=1S/C24H23FN2O2/c1-16-3-6-18(7-4-16)14-26-15-20(9-12-23(26)28)24(29)27-17(2)5-8-19-13-21(25)10-11-22(19)27/h3-4,6-7,9-13,15,17H,5,8,14H2,1-2H3/t17-/m0/s1. The Labute approximate surface area is 169 Å². The van der Waals surface area contributed by atoms with Gasteiger partial charge in [0.05, 0.1) is 12.1 Å². The van der Waals surface area contributed by atoms with Crippen molar-refractivity contribution in [2.75, 3.05) is 4.90 Å². The molecule has 0 N–H and O–H groups in total. The van der Waals surface area contributed by atoms with Gasteiger partial charge in [-0.2, -0.15) is 0 Å². The van der Waals surface area contributed by atoms with Crippen molar-refractivity contribution in [2.45, 2.75) is 39.3 Å². The number of fused-ring (bicyclic) bond motifs is 1. The minimum Gasteiger partial charge on any atom is -0.310 e. The molecule has 0 saturated carbocycles. The highest BCUT2D eigenvalue weighted by Crippen LogP contribution is 2.32. The van der Waals surface area contributed by atoms with Crippen molar-refractivity contribution in [1.82, 2.24) is 4.57 Å². The molecule has 1 atom stereocenters. The Morgan fingerprint density at radius 2 is 1.86 bits per heavy atom. The quantitative estimate of drug-likeness (QED) is 0.668. The molecule has 1 aliphatic heterocycles. The number of hydrogen-bond donors (Lipinski definition) is 0. The van der Waals surface area contributed by atoms with E-state index in [1.54, 1.807) is 27.8 Å². The van der Waals surface area contributed by atoms with Crippen molar-refractivity contribution in [3.05, 3.63) is 99.2 Å². The highest BCUT2D eigenvalue weighted by molar-refractivity contribution is 6.07. The van der Waals surface area contributed by atoms with Gasteiger partial charge < -0.3 is 9.47 Å². The van der Waals surface area contributed by atoms with Gasteiger partial charge in [-0.1, -0.05) is 29.8 Å². The number of aromatic nitrogens is 1. The fourth-order valence-electron chi connectivity index (χ4n) is 3.84. The first-order valence-electron chi connectivity index (χ1n) is 9.80. The maximum Gasteiger partial charge on any atom is 0.260 e.